The van der Waals surface area contributed by atoms with Crippen molar-refractivity contribution in [2.45, 2.75) is 65.5 Å². The number of piperidine rings is 1. The first-order chi connectivity index (χ1) is 14.6. The van der Waals surface area contributed by atoms with Gasteiger partial charge in [0.05, 0.1) is 0 Å². The van der Waals surface area contributed by atoms with E-state index in [-0.39, 0.29) is 5.91 Å². The van der Waals surface area contributed by atoms with E-state index in [4.69, 9.17) is 0 Å². The Labute approximate surface area is 181 Å². The number of hydrogen-bond donors (Lipinski definition) is 0. The highest BCUT2D eigenvalue weighted by Gasteiger charge is 2.26. The molecule has 3 heterocycles. The number of amides is 1. The Kier molecular flexibility index (Phi) is 6.62. The van der Waals surface area contributed by atoms with Crippen molar-refractivity contribution in [1.29, 1.82) is 0 Å². The van der Waals surface area contributed by atoms with Gasteiger partial charge in [0, 0.05) is 61.3 Å². The molecule has 0 saturated carbocycles. The number of carbonyl (C=O) groups excluding carboxylic acids is 1. The van der Waals surface area contributed by atoms with Crippen molar-refractivity contribution in [2.24, 2.45) is 5.92 Å². The molecule has 162 valence electrons. The molecule has 4 rings (SSSR count). The smallest absolute Gasteiger partial charge is 0.253 e. The van der Waals surface area contributed by atoms with Gasteiger partial charge in [-0.1, -0.05) is 32.8 Å². The number of fused-ring (bicyclic) bond motifs is 3. The molecule has 4 nitrogen and oxygen atoms in total. The number of benzene rings is 1. The maximum atomic E-state index is 13.2. The maximum Gasteiger partial charge on any atom is 0.253 e. The number of aromatic nitrogens is 1. The fourth-order valence-electron chi connectivity index (χ4n) is 5.15. The third kappa shape index (κ3) is 4.20. The third-order valence-electron chi connectivity index (χ3n) is 7.04. The van der Waals surface area contributed by atoms with Crippen molar-refractivity contribution in [2.75, 3.05) is 26.2 Å². The zero-order valence-electron chi connectivity index (χ0n) is 18.8. The SMILES string of the molecule is C=CCn1c2c(c3cc(C(=O)N4CCC(C)CC4)ccc31)CN(CCCCC)CC2. The Hall–Kier alpha value is -2.07. The molecule has 4 heteroatoms. The van der Waals surface area contributed by atoms with Crippen LogP contribution in [0, 0.1) is 5.92 Å². The highest BCUT2D eigenvalue weighted by Crippen LogP contribution is 2.32. The van der Waals surface area contributed by atoms with Gasteiger partial charge in [-0.2, -0.15) is 0 Å². The van der Waals surface area contributed by atoms with E-state index >= 15 is 0 Å². The van der Waals surface area contributed by atoms with Gasteiger partial charge in [-0.05, 0) is 55.5 Å². The summed E-state index contributed by atoms with van der Waals surface area (Å²) in [5.74, 6) is 0.930. The lowest BCUT2D eigenvalue weighted by atomic mass is 9.98. The standard InChI is InChI=1S/C26H37N3O/c1-4-6-7-14-27-15-12-25-23(19-27)22-18-21(8-9-24(22)29(25)13-5-2)26(30)28-16-10-20(3)11-17-28/h5,8-9,18,20H,2,4,6-7,10-17,19H2,1,3H3. The molecule has 2 aromatic rings. The van der Waals surface area contributed by atoms with Gasteiger partial charge in [-0.15, -0.1) is 6.58 Å². The van der Waals surface area contributed by atoms with Gasteiger partial charge in [-0.3, -0.25) is 9.69 Å². The van der Waals surface area contributed by atoms with Crippen molar-refractivity contribution in [1.82, 2.24) is 14.4 Å². The predicted octanol–water partition coefficient (Wildman–Crippen LogP) is 5.25. The molecule has 1 amide bonds. The third-order valence-corrected chi connectivity index (χ3v) is 7.04. The van der Waals surface area contributed by atoms with E-state index in [1.165, 1.54) is 48.0 Å². The Morgan fingerprint density at radius 2 is 2.00 bits per heavy atom. The fraction of sp³-hybridized carbons (Fsp3) is 0.577. The molecule has 0 N–H and O–H groups in total. The summed E-state index contributed by atoms with van der Waals surface area (Å²) in [5, 5.41) is 1.27. The minimum absolute atomic E-state index is 0.199. The lowest BCUT2D eigenvalue weighted by molar-refractivity contribution is 0.0697. The number of allylic oxidation sites excluding steroid dienone is 1. The van der Waals surface area contributed by atoms with Crippen LogP contribution in [-0.2, 0) is 19.5 Å². The molecule has 0 atom stereocenters. The Balaban J connectivity index is 1.64. The van der Waals surface area contributed by atoms with Crippen LogP contribution in [0.1, 0.15) is 67.6 Å². The highest BCUT2D eigenvalue weighted by molar-refractivity contribution is 5.99. The summed E-state index contributed by atoms with van der Waals surface area (Å²) < 4.78 is 2.41. The molecule has 0 aliphatic carbocycles. The first-order valence-corrected chi connectivity index (χ1v) is 11.9. The lowest BCUT2D eigenvalue weighted by Gasteiger charge is -2.30. The highest BCUT2D eigenvalue weighted by atomic mass is 16.2. The van der Waals surface area contributed by atoms with Gasteiger partial charge < -0.3 is 9.47 Å². The quantitative estimate of drug-likeness (QED) is 0.463. The van der Waals surface area contributed by atoms with Crippen LogP contribution in [0.2, 0.25) is 0 Å². The maximum absolute atomic E-state index is 13.2. The van der Waals surface area contributed by atoms with Gasteiger partial charge in [-0.25, -0.2) is 0 Å². The molecule has 0 unspecified atom stereocenters. The second-order valence-corrected chi connectivity index (χ2v) is 9.26. The van der Waals surface area contributed by atoms with Gasteiger partial charge in [0.25, 0.3) is 5.91 Å². The van der Waals surface area contributed by atoms with Gasteiger partial charge in [0.2, 0.25) is 0 Å². The Morgan fingerprint density at radius 1 is 1.20 bits per heavy atom. The average molecular weight is 408 g/mol. The number of nitrogens with zero attached hydrogens (tertiary/aromatic N) is 3. The average Bonchev–Trinajstić information content (AvgIpc) is 3.07. The van der Waals surface area contributed by atoms with E-state index in [0.717, 1.165) is 63.5 Å². The van der Waals surface area contributed by atoms with E-state index in [1.807, 2.05) is 17.0 Å². The van der Waals surface area contributed by atoms with Crippen LogP contribution in [0.3, 0.4) is 0 Å². The summed E-state index contributed by atoms with van der Waals surface area (Å²) in [6, 6.07) is 6.37. The fourth-order valence-corrected chi connectivity index (χ4v) is 5.15. The number of likely N-dealkylation sites (tertiary alicyclic amines) is 1. The van der Waals surface area contributed by atoms with Crippen molar-refractivity contribution in [3.8, 4) is 0 Å². The van der Waals surface area contributed by atoms with Crippen LogP contribution in [-0.4, -0.2) is 46.5 Å². The predicted molar refractivity (Wildman–Crippen MR) is 125 cm³/mol. The van der Waals surface area contributed by atoms with Crippen molar-refractivity contribution in [3.05, 3.63) is 47.7 Å². The molecule has 2 aliphatic rings. The summed E-state index contributed by atoms with van der Waals surface area (Å²) in [6.07, 6.45) is 9.14. The van der Waals surface area contributed by atoms with E-state index in [1.54, 1.807) is 0 Å². The summed E-state index contributed by atoms with van der Waals surface area (Å²) in [7, 11) is 0. The van der Waals surface area contributed by atoms with Crippen LogP contribution >= 0.6 is 0 Å². The van der Waals surface area contributed by atoms with E-state index < -0.39 is 0 Å². The summed E-state index contributed by atoms with van der Waals surface area (Å²) in [5.41, 5.74) is 4.96. The van der Waals surface area contributed by atoms with Crippen LogP contribution < -0.4 is 0 Å². The largest absolute Gasteiger partial charge is 0.340 e. The first kappa shape index (κ1) is 21.2. The normalized spacial score (nSPS) is 18.0. The summed E-state index contributed by atoms with van der Waals surface area (Å²) in [4.78, 5) is 17.8. The van der Waals surface area contributed by atoms with Gasteiger partial charge in [0.15, 0.2) is 0 Å². The molecular formula is C26H37N3O. The molecule has 0 radical (unpaired) electrons. The van der Waals surface area contributed by atoms with E-state index in [9.17, 15) is 4.79 Å². The minimum atomic E-state index is 0.199. The summed E-state index contributed by atoms with van der Waals surface area (Å²) >= 11 is 0. The van der Waals surface area contributed by atoms with Gasteiger partial charge in [0.1, 0.15) is 0 Å². The van der Waals surface area contributed by atoms with E-state index in [2.05, 4.69) is 42.0 Å². The van der Waals surface area contributed by atoms with Crippen LogP contribution in [0.15, 0.2) is 30.9 Å². The molecule has 0 bridgehead atoms. The molecule has 1 fully saturated rings. The molecule has 1 aromatic heterocycles. The van der Waals surface area contributed by atoms with Crippen LogP contribution in [0.5, 0.6) is 0 Å². The van der Waals surface area contributed by atoms with Crippen LogP contribution in [0.25, 0.3) is 10.9 Å². The second-order valence-electron chi connectivity index (χ2n) is 9.26. The first-order valence-electron chi connectivity index (χ1n) is 11.9. The second kappa shape index (κ2) is 9.38. The monoisotopic (exact) mass is 407 g/mol. The van der Waals surface area contributed by atoms with Gasteiger partial charge >= 0.3 is 0 Å². The lowest BCUT2D eigenvalue weighted by Crippen LogP contribution is -2.37. The number of rotatable bonds is 7. The Morgan fingerprint density at radius 3 is 2.73 bits per heavy atom. The molecule has 30 heavy (non-hydrogen) atoms. The molecule has 2 aliphatic heterocycles. The number of hydrogen-bond acceptors (Lipinski definition) is 2. The minimum Gasteiger partial charge on any atom is -0.340 e. The van der Waals surface area contributed by atoms with Crippen molar-refractivity contribution < 1.29 is 4.79 Å². The molecular weight excluding hydrogens is 370 g/mol. The topological polar surface area (TPSA) is 28.5 Å². The van der Waals surface area contributed by atoms with Crippen molar-refractivity contribution in [3.63, 3.8) is 0 Å². The van der Waals surface area contributed by atoms with Crippen molar-refractivity contribution >= 4 is 16.8 Å². The Bertz CT molecular complexity index is 905. The number of carbonyl (C=O) groups is 1. The molecule has 0 spiro atoms. The van der Waals surface area contributed by atoms with E-state index in [0.29, 0.717) is 0 Å². The zero-order valence-corrected chi connectivity index (χ0v) is 18.8. The number of unbranched alkanes of at least 4 members (excludes halogenated alkanes) is 2. The zero-order chi connectivity index (χ0) is 21.1. The summed E-state index contributed by atoms with van der Waals surface area (Å²) in [6.45, 7) is 14.4. The molecule has 1 aromatic carbocycles. The van der Waals surface area contributed by atoms with Crippen LogP contribution in [0.4, 0.5) is 0 Å². The molecule has 1 saturated heterocycles.